The number of nitrogens with zero attached hydrogens (tertiary/aromatic N) is 2. The minimum Gasteiger partial charge on any atom is -0.406 e. The Balaban J connectivity index is 1.42. The fourth-order valence-corrected chi connectivity index (χ4v) is 3.12. The van der Waals surface area contributed by atoms with E-state index in [-0.39, 0.29) is 29.9 Å². The summed E-state index contributed by atoms with van der Waals surface area (Å²) in [4.78, 5) is 28.0. The summed E-state index contributed by atoms with van der Waals surface area (Å²) in [6.45, 7) is 2.05. The molecule has 0 saturated carbocycles. The fraction of sp³-hybridized carbons (Fsp3) is 0.273. The highest BCUT2D eigenvalue weighted by molar-refractivity contribution is 5.93. The van der Waals surface area contributed by atoms with Gasteiger partial charge in [0.1, 0.15) is 11.6 Å². The number of hydrogen-bond acceptors (Lipinski definition) is 4. The van der Waals surface area contributed by atoms with Crippen LogP contribution in [0.25, 0.3) is 6.08 Å². The number of rotatable bonds is 6. The highest BCUT2D eigenvalue weighted by atomic mass is 19.4. The second-order valence-corrected chi connectivity index (χ2v) is 7.11. The second kappa shape index (κ2) is 10.3. The first-order valence-electron chi connectivity index (χ1n) is 9.78. The minimum atomic E-state index is -4.75. The van der Waals surface area contributed by atoms with Crippen molar-refractivity contribution in [2.45, 2.75) is 6.36 Å². The maximum Gasteiger partial charge on any atom is 0.573 e. The number of halogens is 4. The van der Waals surface area contributed by atoms with E-state index in [0.29, 0.717) is 37.4 Å². The van der Waals surface area contributed by atoms with Crippen LogP contribution in [0.1, 0.15) is 5.56 Å². The molecule has 0 aliphatic carbocycles. The van der Waals surface area contributed by atoms with Crippen LogP contribution in [0, 0.1) is 5.82 Å². The fourth-order valence-electron chi connectivity index (χ4n) is 3.12. The molecule has 1 fully saturated rings. The normalized spacial score (nSPS) is 15.1. The van der Waals surface area contributed by atoms with E-state index in [1.54, 1.807) is 4.90 Å². The first-order valence-corrected chi connectivity index (χ1v) is 9.78. The topological polar surface area (TPSA) is 61.9 Å². The van der Waals surface area contributed by atoms with E-state index in [1.807, 2.05) is 4.90 Å². The maximum atomic E-state index is 12.9. The van der Waals surface area contributed by atoms with Crippen LogP contribution >= 0.6 is 0 Å². The van der Waals surface area contributed by atoms with Crippen LogP contribution in [0.5, 0.6) is 5.75 Å². The van der Waals surface area contributed by atoms with Crippen LogP contribution in [0.4, 0.5) is 23.2 Å². The van der Waals surface area contributed by atoms with Crippen molar-refractivity contribution in [3.63, 3.8) is 0 Å². The molecule has 10 heteroatoms. The molecule has 0 spiro atoms. The summed E-state index contributed by atoms with van der Waals surface area (Å²) < 4.78 is 53.3. The lowest BCUT2D eigenvalue weighted by Crippen LogP contribution is -2.50. The lowest BCUT2D eigenvalue weighted by atomic mass is 10.2. The minimum absolute atomic E-state index is 0.154. The van der Waals surface area contributed by atoms with Crippen LogP contribution in [0.15, 0.2) is 54.6 Å². The van der Waals surface area contributed by atoms with Gasteiger partial charge >= 0.3 is 6.36 Å². The smallest absolute Gasteiger partial charge is 0.406 e. The van der Waals surface area contributed by atoms with Gasteiger partial charge in [0.25, 0.3) is 0 Å². The lowest BCUT2D eigenvalue weighted by Gasteiger charge is -2.33. The van der Waals surface area contributed by atoms with E-state index in [9.17, 15) is 27.2 Å². The predicted molar refractivity (Wildman–Crippen MR) is 110 cm³/mol. The molecule has 32 heavy (non-hydrogen) atoms. The Morgan fingerprint density at radius 1 is 0.969 bits per heavy atom. The molecule has 0 radical (unpaired) electrons. The van der Waals surface area contributed by atoms with Crippen molar-refractivity contribution in [2.24, 2.45) is 0 Å². The Bertz CT molecular complexity index is 952. The second-order valence-electron chi connectivity index (χ2n) is 7.11. The Morgan fingerprint density at radius 2 is 1.59 bits per heavy atom. The summed E-state index contributed by atoms with van der Waals surface area (Å²) in [6, 6.07) is 10.7. The molecule has 0 bridgehead atoms. The van der Waals surface area contributed by atoms with E-state index in [2.05, 4.69) is 10.1 Å². The van der Waals surface area contributed by atoms with Gasteiger partial charge in [-0.1, -0.05) is 12.1 Å². The molecule has 0 unspecified atom stereocenters. The SMILES string of the molecule is O=C(CN1CCN(C(=O)/C=C/c2ccc(OC(F)(F)F)cc2)CC1)Nc1ccc(F)cc1. The molecule has 0 atom stereocenters. The van der Waals surface area contributed by atoms with Gasteiger partial charge in [-0.15, -0.1) is 13.2 Å². The third-order valence-electron chi connectivity index (χ3n) is 4.71. The number of carbonyl (C=O) groups is 2. The van der Waals surface area contributed by atoms with Gasteiger partial charge in [0, 0.05) is 37.9 Å². The van der Waals surface area contributed by atoms with Gasteiger partial charge in [-0.3, -0.25) is 14.5 Å². The highest BCUT2D eigenvalue weighted by Crippen LogP contribution is 2.23. The summed E-state index contributed by atoms with van der Waals surface area (Å²) in [5, 5.41) is 2.69. The van der Waals surface area contributed by atoms with Gasteiger partial charge in [0.05, 0.1) is 6.54 Å². The van der Waals surface area contributed by atoms with Gasteiger partial charge in [0.15, 0.2) is 0 Å². The molecule has 2 aromatic carbocycles. The first kappa shape index (κ1) is 23.3. The van der Waals surface area contributed by atoms with Gasteiger partial charge < -0.3 is 15.0 Å². The maximum absolute atomic E-state index is 12.9. The Morgan fingerprint density at radius 3 is 2.19 bits per heavy atom. The summed E-state index contributed by atoms with van der Waals surface area (Å²) in [6.07, 6.45) is -1.88. The molecule has 1 aliphatic rings. The largest absolute Gasteiger partial charge is 0.573 e. The van der Waals surface area contributed by atoms with Crippen LogP contribution in [0.2, 0.25) is 0 Å². The Hall–Kier alpha value is -3.40. The zero-order valence-corrected chi connectivity index (χ0v) is 16.9. The van der Waals surface area contributed by atoms with Crippen LogP contribution in [0.3, 0.4) is 0 Å². The number of carbonyl (C=O) groups excluding carboxylic acids is 2. The monoisotopic (exact) mass is 451 g/mol. The van der Waals surface area contributed by atoms with Gasteiger partial charge in [0.2, 0.25) is 11.8 Å². The molecule has 170 valence electrons. The van der Waals surface area contributed by atoms with Gasteiger partial charge in [-0.25, -0.2) is 4.39 Å². The molecular formula is C22H21F4N3O3. The summed E-state index contributed by atoms with van der Waals surface area (Å²) >= 11 is 0. The Kier molecular flexibility index (Phi) is 7.47. The zero-order valence-electron chi connectivity index (χ0n) is 16.9. The standard InChI is InChI=1S/C22H21F4N3O3/c23-17-4-6-18(7-5-17)27-20(30)15-28-11-13-29(14-12-28)21(31)10-3-16-1-8-19(9-2-16)32-22(24,25)26/h1-10H,11-15H2,(H,27,30)/b10-3+. The molecule has 2 amide bonds. The quantitative estimate of drug-likeness (QED) is 0.540. The van der Waals surface area contributed by atoms with Crippen molar-refractivity contribution in [2.75, 3.05) is 38.0 Å². The van der Waals surface area contributed by atoms with Crippen molar-refractivity contribution in [1.29, 1.82) is 0 Å². The molecule has 0 aromatic heterocycles. The number of hydrogen-bond donors (Lipinski definition) is 1. The molecule has 1 heterocycles. The predicted octanol–water partition coefficient (Wildman–Crippen LogP) is 3.52. The third-order valence-corrected chi connectivity index (χ3v) is 4.71. The molecule has 1 N–H and O–H groups in total. The van der Waals surface area contributed by atoms with Crippen LogP contribution in [-0.2, 0) is 9.59 Å². The third kappa shape index (κ3) is 7.38. The average Bonchev–Trinajstić information content (AvgIpc) is 2.74. The first-order chi connectivity index (χ1) is 15.2. The summed E-state index contributed by atoms with van der Waals surface area (Å²) in [7, 11) is 0. The van der Waals surface area contributed by atoms with Crippen molar-refractivity contribution < 1.29 is 31.9 Å². The summed E-state index contributed by atoms with van der Waals surface area (Å²) in [5.41, 5.74) is 1.07. The molecule has 6 nitrogen and oxygen atoms in total. The highest BCUT2D eigenvalue weighted by Gasteiger charge is 2.30. The number of ether oxygens (including phenoxy) is 1. The number of anilines is 1. The van der Waals surface area contributed by atoms with E-state index in [1.165, 1.54) is 60.7 Å². The van der Waals surface area contributed by atoms with Crippen molar-refractivity contribution in [3.8, 4) is 5.75 Å². The van der Waals surface area contributed by atoms with E-state index in [0.717, 1.165) is 0 Å². The van der Waals surface area contributed by atoms with Crippen molar-refractivity contribution >= 4 is 23.6 Å². The van der Waals surface area contributed by atoms with Crippen LogP contribution < -0.4 is 10.1 Å². The Labute approximate surface area is 182 Å². The average molecular weight is 451 g/mol. The molecule has 2 aromatic rings. The molecular weight excluding hydrogens is 430 g/mol. The van der Waals surface area contributed by atoms with Crippen LogP contribution in [-0.4, -0.2) is 60.7 Å². The van der Waals surface area contributed by atoms with Crippen molar-refractivity contribution in [1.82, 2.24) is 9.80 Å². The van der Waals surface area contributed by atoms with Gasteiger partial charge in [-0.2, -0.15) is 0 Å². The number of amides is 2. The zero-order chi connectivity index (χ0) is 23.1. The van der Waals surface area contributed by atoms with E-state index in [4.69, 9.17) is 0 Å². The number of nitrogens with one attached hydrogen (secondary N) is 1. The van der Waals surface area contributed by atoms with Gasteiger partial charge in [-0.05, 0) is 48.0 Å². The van der Waals surface area contributed by atoms with Crippen molar-refractivity contribution in [3.05, 3.63) is 66.0 Å². The lowest BCUT2D eigenvalue weighted by molar-refractivity contribution is -0.274. The number of piperazine rings is 1. The summed E-state index contributed by atoms with van der Waals surface area (Å²) in [5.74, 6) is -1.17. The molecule has 3 rings (SSSR count). The number of benzene rings is 2. The van der Waals surface area contributed by atoms with E-state index >= 15 is 0 Å². The molecule has 1 saturated heterocycles. The number of alkyl halides is 3. The van der Waals surface area contributed by atoms with E-state index < -0.39 is 6.36 Å². The molecule has 1 aliphatic heterocycles.